The molecule has 0 spiro atoms. The highest BCUT2D eigenvalue weighted by molar-refractivity contribution is 4.95. The van der Waals surface area contributed by atoms with E-state index in [-0.39, 0.29) is 0 Å². The van der Waals surface area contributed by atoms with E-state index in [0.717, 1.165) is 58.7 Å². The molecule has 0 bridgehead atoms. The smallest absolute Gasteiger partial charge is 0.0294 e. The van der Waals surface area contributed by atoms with Gasteiger partial charge in [-0.3, -0.25) is 0 Å². The molecule has 2 rings (SSSR count). The minimum atomic E-state index is 0.542. The Balaban J connectivity index is 1.54. The third kappa shape index (κ3) is 18.5. The zero-order valence-corrected chi connectivity index (χ0v) is 37.7. The van der Waals surface area contributed by atoms with E-state index in [1.165, 1.54) is 148 Å². The van der Waals surface area contributed by atoms with Gasteiger partial charge in [0.05, 0.1) is 0 Å². The summed E-state index contributed by atoms with van der Waals surface area (Å²) in [5.41, 5.74) is 1.36. The maximum Gasteiger partial charge on any atom is -0.0294 e. The van der Waals surface area contributed by atoms with Gasteiger partial charge in [0, 0.05) is 0 Å². The third-order valence-corrected chi connectivity index (χ3v) is 16.6. The number of rotatable bonds is 34. The summed E-state index contributed by atoms with van der Waals surface area (Å²) < 4.78 is 0. The molecule has 0 radical (unpaired) electrons. The minimum Gasteiger partial charge on any atom is -0.0654 e. The van der Waals surface area contributed by atoms with Crippen molar-refractivity contribution in [1.82, 2.24) is 0 Å². The molecule has 9 unspecified atom stereocenters. The maximum absolute atomic E-state index is 2.63. The van der Waals surface area contributed by atoms with Crippen molar-refractivity contribution in [3.63, 3.8) is 0 Å². The highest BCUT2D eigenvalue weighted by Crippen LogP contribution is 2.57. The predicted molar refractivity (Wildman–Crippen MR) is 233 cm³/mol. The highest BCUT2D eigenvalue weighted by atomic mass is 14.5. The quantitative estimate of drug-likeness (QED) is 0.0583. The topological polar surface area (TPSA) is 0 Å². The van der Waals surface area contributed by atoms with Crippen molar-refractivity contribution < 1.29 is 0 Å². The Morgan fingerprint density at radius 1 is 0.549 bits per heavy atom. The average molecular weight is 713 g/mol. The lowest BCUT2D eigenvalue weighted by Gasteiger charge is -2.40. The monoisotopic (exact) mass is 713 g/mol. The summed E-state index contributed by atoms with van der Waals surface area (Å²) >= 11 is 0. The van der Waals surface area contributed by atoms with E-state index in [0.29, 0.717) is 5.41 Å². The molecule has 0 aromatic heterocycles. The fraction of sp³-hybridized carbons (Fsp3) is 1.00. The van der Waals surface area contributed by atoms with E-state index in [2.05, 4.69) is 76.2 Å². The maximum atomic E-state index is 2.63. The van der Waals surface area contributed by atoms with E-state index in [1.807, 2.05) is 0 Å². The normalized spacial score (nSPS) is 21.9. The largest absolute Gasteiger partial charge is 0.0654 e. The van der Waals surface area contributed by atoms with Crippen molar-refractivity contribution in [3.05, 3.63) is 0 Å². The number of hydrogen-bond donors (Lipinski definition) is 0. The van der Waals surface area contributed by atoms with Crippen LogP contribution < -0.4 is 0 Å². The first kappa shape index (κ1) is 47.2. The van der Waals surface area contributed by atoms with Crippen LogP contribution in [0.15, 0.2) is 0 Å². The SMILES string of the molecule is CCCCCC(CCCCCCCCC(C)C(C)C(C)CCC(C)CCC(C)C(C)CCCC1(CC2CCC2)CC1)C(C)C(C)(CC)CCCC. The Kier molecular flexibility index (Phi) is 24.0. The number of unbranched alkanes of at least 4 members (excludes halogenated alkanes) is 8. The molecule has 0 amide bonds. The molecule has 0 nitrogen and oxygen atoms in total. The number of hydrogen-bond acceptors (Lipinski definition) is 0. The Morgan fingerprint density at radius 3 is 1.61 bits per heavy atom. The molecule has 2 saturated carbocycles. The molecule has 2 aliphatic rings. The summed E-state index contributed by atoms with van der Waals surface area (Å²) in [4.78, 5) is 0. The molecule has 0 aliphatic heterocycles. The zero-order chi connectivity index (χ0) is 37.7. The van der Waals surface area contributed by atoms with Gasteiger partial charge in [0.2, 0.25) is 0 Å². The van der Waals surface area contributed by atoms with Crippen LogP contribution in [0.4, 0.5) is 0 Å². The second-order valence-electron chi connectivity index (χ2n) is 20.8. The first-order valence-electron chi connectivity index (χ1n) is 24.4. The first-order valence-corrected chi connectivity index (χ1v) is 24.4. The second-order valence-corrected chi connectivity index (χ2v) is 20.8. The van der Waals surface area contributed by atoms with Crippen LogP contribution in [-0.2, 0) is 0 Å². The molecule has 9 atom stereocenters. The highest BCUT2D eigenvalue weighted by Gasteiger charge is 2.44. The summed E-state index contributed by atoms with van der Waals surface area (Å²) in [7, 11) is 0. The molecule has 304 valence electrons. The van der Waals surface area contributed by atoms with Crippen molar-refractivity contribution >= 4 is 0 Å². The lowest BCUT2D eigenvalue weighted by Crippen LogP contribution is -2.31. The summed E-state index contributed by atoms with van der Waals surface area (Å²) in [5.74, 6) is 8.26. The molecule has 2 fully saturated rings. The average Bonchev–Trinajstić information content (AvgIpc) is 3.88. The fourth-order valence-corrected chi connectivity index (χ4v) is 10.5. The van der Waals surface area contributed by atoms with Gasteiger partial charge >= 0.3 is 0 Å². The van der Waals surface area contributed by atoms with E-state index >= 15 is 0 Å². The predicted octanol–water partition coefficient (Wildman–Crippen LogP) is 18.1. The van der Waals surface area contributed by atoms with Crippen LogP contribution in [0.5, 0.6) is 0 Å². The standard InChI is InChI=1S/C51H100/c1-12-15-21-30-49(47(10)50(11,14-3)36-16-13-2)31-23-20-18-17-19-22-26-44(7)46(9)45(8)35-33-41(4)32-34-43(6)42(5)27-25-37-51(38-39-51)40-48-28-24-29-48/h41-49H,12-40H2,1-11H3. The summed E-state index contributed by atoms with van der Waals surface area (Å²) in [6, 6.07) is 0. The van der Waals surface area contributed by atoms with Crippen LogP contribution >= 0.6 is 0 Å². The Morgan fingerprint density at radius 2 is 1.06 bits per heavy atom. The molecule has 0 N–H and O–H groups in total. The minimum absolute atomic E-state index is 0.542. The van der Waals surface area contributed by atoms with Gasteiger partial charge in [-0.05, 0) is 96.2 Å². The zero-order valence-electron chi connectivity index (χ0n) is 37.7. The van der Waals surface area contributed by atoms with Gasteiger partial charge in [-0.25, -0.2) is 0 Å². The van der Waals surface area contributed by atoms with Crippen molar-refractivity contribution in [2.45, 2.75) is 262 Å². The summed E-state index contributed by atoms with van der Waals surface area (Å²) in [6.45, 7) is 27.8. The van der Waals surface area contributed by atoms with E-state index in [9.17, 15) is 0 Å². The van der Waals surface area contributed by atoms with Crippen molar-refractivity contribution in [2.75, 3.05) is 0 Å². The van der Waals surface area contributed by atoms with Crippen LogP contribution in [0.2, 0.25) is 0 Å². The molecule has 0 aromatic carbocycles. The van der Waals surface area contributed by atoms with Crippen LogP contribution in [-0.4, -0.2) is 0 Å². The van der Waals surface area contributed by atoms with Gasteiger partial charge in [0.15, 0.2) is 0 Å². The van der Waals surface area contributed by atoms with E-state index < -0.39 is 0 Å². The molecule has 2 aliphatic carbocycles. The molecule has 51 heavy (non-hydrogen) atoms. The lowest BCUT2D eigenvalue weighted by atomic mass is 9.65. The Labute approximate surface area is 325 Å². The van der Waals surface area contributed by atoms with Crippen molar-refractivity contribution in [1.29, 1.82) is 0 Å². The Hall–Kier alpha value is 0. The van der Waals surface area contributed by atoms with E-state index in [4.69, 9.17) is 0 Å². The molecular formula is C51H100. The van der Waals surface area contributed by atoms with Gasteiger partial charge in [-0.15, -0.1) is 0 Å². The van der Waals surface area contributed by atoms with Crippen LogP contribution in [0.1, 0.15) is 262 Å². The Bertz CT molecular complexity index is 818. The fourth-order valence-electron chi connectivity index (χ4n) is 10.5. The summed E-state index contributed by atoms with van der Waals surface area (Å²) in [5, 5.41) is 0. The first-order chi connectivity index (χ1) is 24.4. The lowest BCUT2D eigenvalue weighted by molar-refractivity contribution is 0.0991. The van der Waals surface area contributed by atoms with Gasteiger partial charge in [0.1, 0.15) is 0 Å². The van der Waals surface area contributed by atoms with Crippen molar-refractivity contribution in [3.8, 4) is 0 Å². The molecule has 0 heteroatoms. The van der Waals surface area contributed by atoms with Crippen LogP contribution in [0.25, 0.3) is 0 Å². The van der Waals surface area contributed by atoms with Crippen LogP contribution in [0, 0.1) is 64.1 Å². The molecular weight excluding hydrogens is 613 g/mol. The van der Waals surface area contributed by atoms with Crippen LogP contribution in [0.3, 0.4) is 0 Å². The van der Waals surface area contributed by atoms with Crippen molar-refractivity contribution in [2.24, 2.45) is 64.1 Å². The van der Waals surface area contributed by atoms with Gasteiger partial charge < -0.3 is 0 Å². The van der Waals surface area contributed by atoms with Gasteiger partial charge in [0.25, 0.3) is 0 Å². The molecule has 0 aromatic rings. The van der Waals surface area contributed by atoms with Gasteiger partial charge in [-0.2, -0.15) is 0 Å². The van der Waals surface area contributed by atoms with E-state index in [1.54, 1.807) is 38.5 Å². The second kappa shape index (κ2) is 26.0. The van der Waals surface area contributed by atoms with Gasteiger partial charge in [-0.1, -0.05) is 230 Å². The third-order valence-electron chi connectivity index (χ3n) is 16.6. The molecule has 0 heterocycles. The summed E-state index contributed by atoms with van der Waals surface area (Å²) in [6.07, 6.45) is 42.6. The molecule has 0 saturated heterocycles.